The third-order valence-corrected chi connectivity index (χ3v) is 13.1. The maximum Gasteiger partial charge on any atom is 0.0131 e. The molecule has 2 fully saturated rings. The molecule has 0 spiro atoms. The summed E-state index contributed by atoms with van der Waals surface area (Å²) >= 11 is 0. The molecule has 0 heteroatoms. The molecule has 0 heterocycles. The Morgan fingerprint density at radius 1 is 0.646 bits per heavy atom. The monoisotopic (exact) mass is 624 g/mol. The van der Waals surface area contributed by atoms with E-state index in [0.29, 0.717) is 53.3 Å². The van der Waals surface area contributed by atoms with Gasteiger partial charge in [-0.05, 0) is 110 Å². The van der Waals surface area contributed by atoms with Crippen LogP contribution in [-0.2, 0) is 0 Å². The fourth-order valence-electron chi connectivity index (χ4n) is 11.0. The van der Waals surface area contributed by atoms with Gasteiger partial charge in [-0.25, -0.2) is 0 Å². The molecule has 0 saturated heterocycles. The van der Waals surface area contributed by atoms with Crippen LogP contribution in [0, 0.1) is 42.4 Å². The molecule has 9 unspecified atom stereocenters. The molecule has 48 heavy (non-hydrogen) atoms. The van der Waals surface area contributed by atoms with Gasteiger partial charge in [0.1, 0.15) is 0 Å². The Morgan fingerprint density at radius 2 is 1.38 bits per heavy atom. The van der Waals surface area contributed by atoms with E-state index in [4.69, 9.17) is 0 Å². The summed E-state index contributed by atoms with van der Waals surface area (Å²) in [5, 5.41) is 0. The lowest BCUT2D eigenvalue weighted by Gasteiger charge is -2.47. The Labute approximate surface area is 288 Å². The Bertz CT molecular complexity index is 1910. The number of hydrogen-bond acceptors (Lipinski definition) is 0. The van der Waals surface area contributed by atoms with E-state index >= 15 is 0 Å². The Kier molecular flexibility index (Phi) is 7.72. The van der Waals surface area contributed by atoms with Crippen LogP contribution in [0.4, 0.5) is 0 Å². The summed E-state index contributed by atoms with van der Waals surface area (Å²) in [6.45, 7) is 4.67. The Hall–Kier alpha value is -4.16. The van der Waals surface area contributed by atoms with E-state index in [1.807, 2.05) is 0 Å². The van der Waals surface area contributed by atoms with Crippen molar-refractivity contribution in [3.05, 3.63) is 184 Å². The molecule has 6 aliphatic carbocycles. The first-order valence-electron chi connectivity index (χ1n) is 18.6. The molecular weight excluding hydrogens is 577 g/mol. The predicted octanol–water partition coefficient (Wildman–Crippen LogP) is 12.2. The smallest absolute Gasteiger partial charge is 0.0131 e. The van der Waals surface area contributed by atoms with Crippen molar-refractivity contribution in [1.29, 1.82) is 0 Å². The van der Waals surface area contributed by atoms with Crippen LogP contribution in [-0.4, -0.2) is 0 Å². The van der Waals surface area contributed by atoms with Gasteiger partial charge in [0, 0.05) is 11.8 Å². The summed E-state index contributed by atoms with van der Waals surface area (Å²) in [5.41, 5.74) is 14.1. The predicted molar refractivity (Wildman–Crippen MR) is 202 cm³/mol. The minimum Gasteiger partial charge on any atom is -0.0839 e. The zero-order chi connectivity index (χ0) is 32.2. The van der Waals surface area contributed by atoms with Crippen molar-refractivity contribution in [1.82, 2.24) is 0 Å². The zero-order valence-corrected chi connectivity index (χ0v) is 28.5. The van der Waals surface area contributed by atoms with Gasteiger partial charge < -0.3 is 0 Å². The highest BCUT2D eigenvalue weighted by Crippen LogP contribution is 2.65. The minimum atomic E-state index is 0.473. The van der Waals surface area contributed by atoms with Crippen molar-refractivity contribution < 1.29 is 0 Å². The molecule has 9 atom stereocenters. The molecule has 0 amide bonds. The lowest BCUT2D eigenvalue weighted by Crippen LogP contribution is -2.37. The van der Waals surface area contributed by atoms with Gasteiger partial charge in [-0.2, -0.15) is 0 Å². The van der Waals surface area contributed by atoms with Crippen LogP contribution in [0.5, 0.6) is 0 Å². The molecule has 2 bridgehead atoms. The fourth-order valence-corrected chi connectivity index (χ4v) is 11.0. The molecule has 2 saturated carbocycles. The minimum absolute atomic E-state index is 0.473. The summed E-state index contributed by atoms with van der Waals surface area (Å²) in [6.07, 6.45) is 30.4. The highest BCUT2D eigenvalue weighted by atomic mass is 14.6. The van der Waals surface area contributed by atoms with Gasteiger partial charge in [0.2, 0.25) is 0 Å². The lowest BCUT2D eigenvalue weighted by atomic mass is 9.57. The Morgan fingerprint density at radius 3 is 2.19 bits per heavy atom. The average molecular weight is 625 g/mol. The van der Waals surface area contributed by atoms with Crippen molar-refractivity contribution >= 4 is 6.08 Å². The highest BCUT2D eigenvalue weighted by Gasteiger charge is 2.54. The summed E-state index contributed by atoms with van der Waals surface area (Å²) < 4.78 is 0. The maximum atomic E-state index is 2.66. The van der Waals surface area contributed by atoms with E-state index in [9.17, 15) is 0 Å². The van der Waals surface area contributed by atoms with E-state index in [1.165, 1.54) is 40.7 Å². The number of hydrogen-bond donors (Lipinski definition) is 0. The van der Waals surface area contributed by atoms with Crippen LogP contribution >= 0.6 is 0 Å². The molecule has 0 N–H and O–H groups in total. The van der Waals surface area contributed by atoms with Crippen molar-refractivity contribution in [3.63, 3.8) is 0 Å². The van der Waals surface area contributed by atoms with E-state index < -0.39 is 0 Å². The van der Waals surface area contributed by atoms with Crippen LogP contribution in [0.15, 0.2) is 156 Å². The van der Waals surface area contributed by atoms with Gasteiger partial charge in [-0.15, -0.1) is 0 Å². The zero-order valence-electron chi connectivity index (χ0n) is 28.5. The standard InChI is InChI=1S/C48H48/c1-31-21-23-39-37(25-31)28-45-44-29-42-38(35-16-7-4-8-17-35)20-11-3-6-13-33-14-12-15-34(26-33)27-41(36-18-9-5-10-19-36)43(42)30-46(44)47-32(2)22-24-40(39)48(45)47/h3-19,21-25,28,33,38,40-44,46,48H,20,26-27,29-30H2,1-2H3. The van der Waals surface area contributed by atoms with Crippen LogP contribution in [0.25, 0.3) is 6.08 Å². The van der Waals surface area contributed by atoms with Gasteiger partial charge in [-0.1, -0.05) is 167 Å². The molecule has 240 valence electrons. The second-order valence-corrected chi connectivity index (χ2v) is 15.7. The fraction of sp³-hybridized carbons (Fsp3) is 0.333. The normalized spacial score (nSPS) is 33.2. The SMILES string of the molecule is CC1=C2C3CC4C(c5ccccc5)CC5=CC=CC(C=CC=CCC(c6ccccc6)C4CC3C3=Cc4cc(C)ccc4C(C=C1)C32)C5. The molecule has 6 aliphatic rings. The van der Waals surface area contributed by atoms with E-state index in [2.05, 4.69) is 153 Å². The molecule has 9 rings (SSSR count). The summed E-state index contributed by atoms with van der Waals surface area (Å²) in [6, 6.07) is 30.5. The van der Waals surface area contributed by atoms with E-state index in [-0.39, 0.29) is 0 Å². The topological polar surface area (TPSA) is 0 Å². The lowest BCUT2D eigenvalue weighted by molar-refractivity contribution is 0.113. The number of rotatable bonds is 2. The van der Waals surface area contributed by atoms with E-state index in [1.54, 1.807) is 22.3 Å². The second-order valence-electron chi connectivity index (χ2n) is 15.7. The Balaban J connectivity index is 1.22. The maximum absolute atomic E-state index is 2.66. The van der Waals surface area contributed by atoms with Crippen LogP contribution < -0.4 is 0 Å². The number of fused-ring (bicyclic) bond motifs is 8. The molecular formula is C48H48. The van der Waals surface area contributed by atoms with Gasteiger partial charge in [0.15, 0.2) is 0 Å². The number of benzene rings is 3. The van der Waals surface area contributed by atoms with Crippen LogP contribution in [0.3, 0.4) is 0 Å². The number of allylic oxidation sites excluding steroid dienone is 13. The van der Waals surface area contributed by atoms with Gasteiger partial charge in [0.25, 0.3) is 0 Å². The largest absolute Gasteiger partial charge is 0.0839 e. The van der Waals surface area contributed by atoms with Crippen molar-refractivity contribution in [2.45, 2.75) is 63.7 Å². The number of aryl methyl sites for hydroxylation is 1. The molecule has 3 aromatic carbocycles. The van der Waals surface area contributed by atoms with Crippen LogP contribution in [0.2, 0.25) is 0 Å². The third-order valence-electron chi connectivity index (χ3n) is 13.1. The first kappa shape index (κ1) is 29.9. The highest BCUT2D eigenvalue weighted by molar-refractivity contribution is 5.69. The van der Waals surface area contributed by atoms with Crippen molar-refractivity contribution in [2.24, 2.45) is 35.5 Å². The molecule has 0 aliphatic heterocycles. The van der Waals surface area contributed by atoms with E-state index in [0.717, 1.165) is 19.3 Å². The molecule has 0 radical (unpaired) electrons. The molecule has 3 aromatic rings. The molecule has 0 aromatic heterocycles. The van der Waals surface area contributed by atoms with Gasteiger partial charge >= 0.3 is 0 Å². The summed E-state index contributed by atoms with van der Waals surface area (Å²) in [4.78, 5) is 0. The van der Waals surface area contributed by atoms with Gasteiger partial charge in [-0.3, -0.25) is 0 Å². The first-order chi connectivity index (χ1) is 23.6. The average Bonchev–Trinajstić information content (AvgIpc) is 3.44. The summed E-state index contributed by atoms with van der Waals surface area (Å²) in [7, 11) is 0. The van der Waals surface area contributed by atoms with Crippen molar-refractivity contribution in [2.75, 3.05) is 0 Å². The first-order valence-corrected chi connectivity index (χ1v) is 18.6. The molecule has 0 nitrogen and oxygen atoms in total. The van der Waals surface area contributed by atoms with Crippen LogP contribution in [0.1, 0.15) is 84.6 Å². The van der Waals surface area contributed by atoms with Crippen molar-refractivity contribution in [3.8, 4) is 0 Å². The van der Waals surface area contributed by atoms with Gasteiger partial charge in [0.05, 0.1) is 0 Å². The quantitative estimate of drug-likeness (QED) is 0.266. The third kappa shape index (κ3) is 5.20. The summed E-state index contributed by atoms with van der Waals surface area (Å²) in [5.74, 6) is 4.91. The second kappa shape index (κ2) is 12.4.